The molecule has 0 amide bonds. The van der Waals surface area contributed by atoms with Gasteiger partial charge in [0, 0.05) is 6.20 Å². The van der Waals surface area contributed by atoms with Crippen LogP contribution in [0.25, 0.3) is 0 Å². The number of pyridine rings is 1. The first-order valence-corrected chi connectivity index (χ1v) is 8.18. The Morgan fingerprint density at radius 3 is 2.82 bits per heavy atom. The molecule has 1 N–H and O–H groups in total. The molecule has 22 heavy (non-hydrogen) atoms. The Kier molecular flexibility index (Phi) is 3.94. The van der Waals surface area contributed by atoms with Crippen molar-refractivity contribution in [3.8, 4) is 6.07 Å². The van der Waals surface area contributed by atoms with Crippen LogP contribution in [-0.4, -0.2) is 16.2 Å². The Bertz CT molecular complexity index is 722. The van der Waals surface area contributed by atoms with Gasteiger partial charge in [-0.05, 0) is 47.2 Å². The number of aliphatic hydroxyl groups excluding tert-OH is 1. The van der Waals surface area contributed by atoms with Crippen LogP contribution in [0.4, 0.5) is 0 Å². The highest BCUT2D eigenvalue weighted by molar-refractivity contribution is 7.99. The van der Waals surface area contributed by atoms with Crippen LogP contribution in [0.15, 0.2) is 47.6 Å². The SMILES string of the molecule is CC1(C)Cc2ccc(C#N)cc2C(Sc2ccccn2)C1O. The van der Waals surface area contributed by atoms with Crippen molar-refractivity contribution in [2.24, 2.45) is 5.41 Å². The second kappa shape index (κ2) is 5.75. The van der Waals surface area contributed by atoms with E-state index >= 15 is 0 Å². The molecule has 1 aliphatic carbocycles. The van der Waals surface area contributed by atoms with Crippen LogP contribution in [-0.2, 0) is 6.42 Å². The maximum absolute atomic E-state index is 10.8. The third-order valence-electron chi connectivity index (χ3n) is 4.20. The predicted octanol–water partition coefficient (Wildman–Crippen LogP) is 3.73. The van der Waals surface area contributed by atoms with E-state index in [-0.39, 0.29) is 10.7 Å². The summed E-state index contributed by atoms with van der Waals surface area (Å²) in [5.74, 6) is 0. The Labute approximate surface area is 135 Å². The molecule has 3 rings (SSSR count). The monoisotopic (exact) mass is 310 g/mol. The number of rotatable bonds is 2. The van der Waals surface area contributed by atoms with Gasteiger partial charge in [0.1, 0.15) is 0 Å². The number of thioether (sulfide) groups is 1. The molecule has 0 saturated carbocycles. The lowest BCUT2D eigenvalue weighted by Gasteiger charge is -2.41. The molecule has 3 nitrogen and oxygen atoms in total. The van der Waals surface area contributed by atoms with Crippen LogP contribution in [0.5, 0.6) is 0 Å². The Morgan fingerprint density at radius 1 is 1.32 bits per heavy atom. The number of nitrogens with zero attached hydrogens (tertiary/aromatic N) is 2. The average molecular weight is 310 g/mol. The van der Waals surface area contributed by atoms with Crippen molar-refractivity contribution in [3.05, 3.63) is 59.3 Å². The van der Waals surface area contributed by atoms with Gasteiger partial charge in [-0.25, -0.2) is 4.98 Å². The summed E-state index contributed by atoms with van der Waals surface area (Å²) in [7, 11) is 0. The Hall–Kier alpha value is -1.83. The van der Waals surface area contributed by atoms with Gasteiger partial charge < -0.3 is 5.11 Å². The number of fused-ring (bicyclic) bond motifs is 1. The van der Waals surface area contributed by atoms with Crippen molar-refractivity contribution in [2.75, 3.05) is 0 Å². The number of aromatic nitrogens is 1. The summed E-state index contributed by atoms with van der Waals surface area (Å²) < 4.78 is 0. The lowest BCUT2D eigenvalue weighted by Crippen LogP contribution is -2.39. The third-order valence-corrected chi connectivity index (χ3v) is 5.45. The van der Waals surface area contributed by atoms with Crippen molar-refractivity contribution in [1.29, 1.82) is 5.26 Å². The van der Waals surface area contributed by atoms with Gasteiger partial charge in [-0.1, -0.05) is 37.7 Å². The van der Waals surface area contributed by atoms with E-state index in [1.807, 2.05) is 36.4 Å². The highest BCUT2D eigenvalue weighted by Gasteiger charge is 2.41. The molecule has 112 valence electrons. The fraction of sp³-hybridized carbons (Fsp3) is 0.333. The summed E-state index contributed by atoms with van der Waals surface area (Å²) in [4.78, 5) is 4.36. The number of aliphatic hydroxyl groups is 1. The van der Waals surface area contributed by atoms with E-state index in [4.69, 9.17) is 5.26 Å². The number of hydrogen-bond donors (Lipinski definition) is 1. The van der Waals surface area contributed by atoms with Crippen LogP contribution in [0.2, 0.25) is 0 Å². The van der Waals surface area contributed by atoms with Gasteiger partial charge in [0.05, 0.1) is 28.0 Å². The standard InChI is InChI=1S/C18H18N2OS/c1-18(2)10-13-7-6-12(11-19)9-14(13)16(17(18)21)22-15-5-3-4-8-20-15/h3-9,16-17,21H,10H2,1-2H3. The minimum absolute atomic E-state index is 0.109. The number of nitriles is 1. The predicted molar refractivity (Wildman–Crippen MR) is 87.5 cm³/mol. The van der Waals surface area contributed by atoms with Crippen molar-refractivity contribution >= 4 is 11.8 Å². The van der Waals surface area contributed by atoms with E-state index in [9.17, 15) is 5.11 Å². The molecule has 1 aromatic heterocycles. The zero-order chi connectivity index (χ0) is 15.7. The molecule has 2 atom stereocenters. The van der Waals surface area contributed by atoms with Gasteiger partial charge in [-0.15, -0.1) is 0 Å². The third kappa shape index (κ3) is 2.75. The molecule has 0 spiro atoms. The van der Waals surface area contributed by atoms with Crippen LogP contribution >= 0.6 is 11.8 Å². The van der Waals surface area contributed by atoms with Gasteiger partial charge >= 0.3 is 0 Å². The van der Waals surface area contributed by atoms with Gasteiger partial charge in [-0.2, -0.15) is 5.26 Å². The Balaban J connectivity index is 2.05. The zero-order valence-corrected chi connectivity index (χ0v) is 13.5. The van der Waals surface area contributed by atoms with Gasteiger partial charge in [0.25, 0.3) is 0 Å². The molecule has 4 heteroatoms. The quantitative estimate of drug-likeness (QED) is 0.918. The molecule has 0 bridgehead atoms. The van der Waals surface area contributed by atoms with Crippen molar-refractivity contribution in [2.45, 2.75) is 36.6 Å². The molecular weight excluding hydrogens is 292 g/mol. The summed E-state index contributed by atoms with van der Waals surface area (Å²) in [5.41, 5.74) is 2.70. The second-order valence-electron chi connectivity index (χ2n) is 6.34. The minimum Gasteiger partial charge on any atom is -0.391 e. The number of benzene rings is 1. The zero-order valence-electron chi connectivity index (χ0n) is 12.7. The fourth-order valence-electron chi connectivity index (χ4n) is 2.94. The van der Waals surface area contributed by atoms with Gasteiger partial charge in [-0.3, -0.25) is 0 Å². The first-order valence-electron chi connectivity index (χ1n) is 7.30. The first-order chi connectivity index (χ1) is 10.5. The molecule has 0 fully saturated rings. The van der Waals surface area contributed by atoms with Gasteiger partial charge in [0.15, 0.2) is 0 Å². The summed E-state index contributed by atoms with van der Waals surface area (Å²) in [6.45, 7) is 4.18. The van der Waals surface area contributed by atoms with E-state index in [0.29, 0.717) is 5.56 Å². The van der Waals surface area contributed by atoms with Crippen molar-refractivity contribution in [3.63, 3.8) is 0 Å². The van der Waals surface area contributed by atoms with Crippen LogP contribution in [0, 0.1) is 16.7 Å². The van der Waals surface area contributed by atoms with Crippen LogP contribution in [0.1, 0.15) is 35.8 Å². The van der Waals surface area contributed by atoms with Crippen LogP contribution < -0.4 is 0 Å². The number of hydrogen-bond acceptors (Lipinski definition) is 4. The maximum Gasteiger partial charge on any atom is 0.0991 e. The summed E-state index contributed by atoms with van der Waals surface area (Å²) in [6, 6.07) is 13.8. The summed E-state index contributed by atoms with van der Waals surface area (Å²) >= 11 is 1.57. The fourth-order valence-corrected chi connectivity index (χ4v) is 4.32. The topological polar surface area (TPSA) is 56.9 Å². The molecule has 1 heterocycles. The first kappa shape index (κ1) is 15.1. The highest BCUT2D eigenvalue weighted by Crippen LogP contribution is 2.49. The molecule has 1 aliphatic rings. The van der Waals surface area contributed by atoms with Crippen molar-refractivity contribution < 1.29 is 5.11 Å². The molecule has 2 unspecified atom stereocenters. The summed E-state index contributed by atoms with van der Waals surface area (Å²) in [5, 5.41) is 20.8. The molecule has 0 saturated heterocycles. The van der Waals surface area contributed by atoms with E-state index in [2.05, 4.69) is 24.9 Å². The van der Waals surface area contributed by atoms with E-state index < -0.39 is 6.10 Å². The molecule has 0 aliphatic heterocycles. The van der Waals surface area contributed by atoms with Gasteiger partial charge in [0.2, 0.25) is 0 Å². The second-order valence-corrected chi connectivity index (χ2v) is 7.50. The minimum atomic E-state index is -0.485. The smallest absolute Gasteiger partial charge is 0.0991 e. The molecule has 2 aromatic rings. The Morgan fingerprint density at radius 2 is 2.14 bits per heavy atom. The highest BCUT2D eigenvalue weighted by atomic mass is 32.2. The van der Waals surface area contributed by atoms with E-state index in [1.165, 1.54) is 5.56 Å². The van der Waals surface area contributed by atoms with Crippen LogP contribution in [0.3, 0.4) is 0 Å². The van der Waals surface area contributed by atoms with Crippen molar-refractivity contribution in [1.82, 2.24) is 4.98 Å². The molecular formula is C18H18N2OS. The molecule has 0 radical (unpaired) electrons. The lowest BCUT2D eigenvalue weighted by molar-refractivity contribution is 0.0399. The largest absolute Gasteiger partial charge is 0.391 e. The average Bonchev–Trinajstić information content (AvgIpc) is 2.52. The van der Waals surface area contributed by atoms with E-state index in [0.717, 1.165) is 17.0 Å². The maximum atomic E-state index is 10.8. The summed E-state index contributed by atoms with van der Waals surface area (Å²) in [6.07, 6.45) is 2.09. The lowest BCUT2D eigenvalue weighted by atomic mass is 9.71. The van der Waals surface area contributed by atoms with E-state index in [1.54, 1.807) is 18.0 Å². The normalized spacial score (nSPS) is 22.6. The molecule has 1 aromatic carbocycles.